The van der Waals surface area contributed by atoms with Crippen molar-refractivity contribution in [2.45, 2.75) is 19.4 Å². The molecule has 0 saturated carbocycles. The molecule has 1 aliphatic rings. The van der Waals surface area contributed by atoms with Crippen LogP contribution < -0.4 is 15.0 Å². The molecule has 1 aliphatic heterocycles. The molecule has 0 bridgehead atoms. The van der Waals surface area contributed by atoms with Crippen molar-refractivity contribution in [2.24, 2.45) is 0 Å². The lowest BCUT2D eigenvalue weighted by atomic mass is 10.1. The molecule has 28 heavy (non-hydrogen) atoms. The number of carbonyl (C=O) groups excluding carboxylic acids is 3. The molecule has 9 nitrogen and oxygen atoms in total. The number of anilines is 2. The van der Waals surface area contributed by atoms with Gasteiger partial charge in [0.1, 0.15) is 6.29 Å². The molecule has 0 unspecified atom stereocenters. The number of para-hydroxylation sites is 2. The van der Waals surface area contributed by atoms with Crippen molar-refractivity contribution in [3.8, 4) is 5.75 Å². The number of rotatable bonds is 5. The summed E-state index contributed by atoms with van der Waals surface area (Å²) in [6, 6.07) is 10.2. The van der Waals surface area contributed by atoms with E-state index in [9.17, 15) is 24.5 Å². The molecule has 2 aromatic rings. The van der Waals surface area contributed by atoms with Crippen molar-refractivity contribution in [1.29, 1.82) is 0 Å². The fraction of sp³-hybridized carbons (Fsp3) is 0.211. The van der Waals surface area contributed by atoms with E-state index in [0.717, 1.165) is 6.07 Å². The second kappa shape index (κ2) is 7.87. The predicted octanol–water partition coefficient (Wildman–Crippen LogP) is 2.55. The Bertz CT molecular complexity index is 958. The minimum Gasteiger partial charge on any atom is -0.477 e. The molecule has 1 atom stereocenters. The van der Waals surface area contributed by atoms with Gasteiger partial charge in [-0.05, 0) is 31.2 Å². The number of carbonyl (C=O) groups is 3. The van der Waals surface area contributed by atoms with E-state index in [1.165, 1.54) is 17.0 Å². The van der Waals surface area contributed by atoms with Crippen molar-refractivity contribution < 1.29 is 24.0 Å². The van der Waals surface area contributed by atoms with Crippen LogP contribution in [0, 0.1) is 10.1 Å². The summed E-state index contributed by atoms with van der Waals surface area (Å²) in [5.74, 6) is -0.782. The highest BCUT2D eigenvalue weighted by molar-refractivity contribution is 6.04. The van der Waals surface area contributed by atoms with E-state index in [0.29, 0.717) is 17.7 Å². The minimum absolute atomic E-state index is 0.106. The third-order valence-electron chi connectivity index (χ3n) is 4.29. The van der Waals surface area contributed by atoms with E-state index in [4.69, 9.17) is 4.74 Å². The van der Waals surface area contributed by atoms with Crippen LogP contribution >= 0.6 is 0 Å². The van der Waals surface area contributed by atoms with Crippen LogP contribution in [0.4, 0.5) is 17.1 Å². The van der Waals surface area contributed by atoms with Gasteiger partial charge in [0.05, 0.1) is 16.3 Å². The van der Waals surface area contributed by atoms with Gasteiger partial charge in [-0.1, -0.05) is 12.1 Å². The summed E-state index contributed by atoms with van der Waals surface area (Å²) in [6.45, 7) is 1.27. The van der Waals surface area contributed by atoms with Crippen LogP contribution in [0.2, 0.25) is 0 Å². The van der Waals surface area contributed by atoms with E-state index in [2.05, 4.69) is 5.32 Å². The van der Waals surface area contributed by atoms with Gasteiger partial charge in [0, 0.05) is 24.1 Å². The number of amides is 2. The average Bonchev–Trinajstić information content (AvgIpc) is 2.80. The smallest absolute Gasteiger partial charge is 0.311 e. The molecule has 2 aromatic carbocycles. The van der Waals surface area contributed by atoms with Crippen molar-refractivity contribution in [3.05, 3.63) is 58.1 Å². The highest BCUT2D eigenvalue weighted by Gasteiger charge is 2.30. The molecule has 0 aliphatic carbocycles. The molecular formula is C19H17N3O6. The zero-order chi connectivity index (χ0) is 20.3. The second-order valence-corrected chi connectivity index (χ2v) is 6.27. The summed E-state index contributed by atoms with van der Waals surface area (Å²) in [5.41, 5.74) is 0.760. The van der Waals surface area contributed by atoms with E-state index in [1.807, 2.05) is 0 Å². The molecule has 0 radical (unpaired) electrons. The summed E-state index contributed by atoms with van der Waals surface area (Å²) >= 11 is 0. The number of nitrogens with zero attached hydrogens (tertiary/aromatic N) is 2. The molecule has 2 amide bonds. The van der Waals surface area contributed by atoms with Gasteiger partial charge in [-0.25, -0.2) is 0 Å². The van der Waals surface area contributed by atoms with Gasteiger partial charge < -0.3 is 15.0 Å². The van der Waals surface area contributed by atoms with Gasteiger partial charge >= 0.3 is 5.69 Å². The van der Waals surface area contributed by atoms with Crippen LogP contribution in [-0.4, -0.2) is 35.7 Å². The highest BCUT2D eigenvalue weighted by Crippen LogP contribution is 2.32. The lowest BCUT2D eigenvalue weighted by Crippen LogP contribution is -2.41. The Kier molecular flexibility index (Phi) is 5.35. The summed E-state index contributed by atoms with van der Waals surface area (Å²) in [5, 5.41) is 14.0. The van der Waals surface area contributed by atoms with Crippen LogP contribution in [0.3, 0.4) is 0 Å². The zero-order valence-corrected chi connectivity index (χ0v) is 15.0. The molecule has 9 heteroatoms. The molecule has 0 fully saturated rings. The summed E-state index contributed by atoms with van der Waals surface area (Å²) in [4.78, 5) is 47.6. The lowest BCUT2D eigenvalue weighted by molar-refractivity contribution is -0.385. The van der Waals surface area contributed by atoms with E-state index < -0.39 is 29.2 Å². The summed E-state index contributed by atoms with van der Waals surface area (Å²) < 4.78 is 5.39. The quantitative estimate of drug-likeness (QED) is 0.481. The molecule has 0 spiro atoms. The van der Waals surface area contributed by atoms with Gasteiger partial charge in [-0.3, -0.25) is 24.5 Å². The van der Waals surface area contributed by atoms with Crippen molar-refractivity contribution in [3.63, 3.8) is 0 Å². The third-order valence-corrected chi connectivity index (χ3v) is 4.29. The first-order valence-corrected chi connectivity index (χ1v) is 8.48. The lowest BCUT2D eigenvalue weighted by Gasteiger charge is -2.27. The topological polar surface area (TPSA) is 119 Å². The Labute approximate surface area is 160 Å². The van der Waals surface area contributed by atoms with Crippen LogP contribution in [0.25, 0.3) is 0 Å². The summed E-state index contributed by atoms with van der Waals surface area (Å²) in [6.07, 6.45) is 0.594. The Morgan fingerprint density at radius 1 is 1.36 bits per heavy atom. The van der Waals surface area contributed by atoms with Crippen molar-refractivity contribution >= 4 is 35.2 Å². The number of hydrogen-bond donors (Lipinski definition) is 1. The Balaban J connectivity index is 1.84. The van der Waals surface area contributed by atoms with E-state index in [1.54, 1.807) is 31.2 Å². The first-order chi connectivity index (χ1) is 13.4. The third kappa shape index (κ3) is 3.83. The Morgan fingerprint density at radius 3 is 2.82 bits per heavy atom. The molecule has 144 valence electrons. The maximum absolute atomic E-state index is 12.8. The molecule has 3 rings (SSSR count). The van der Waals surface area contributed by atoms with E-state index in [-0.39, 0.29) is 23.6 Å². The van der Waals surface area contributed by atoms with Crippen molar-refractivity contribution in [2.75, 3.05) is 16.8 Å². The van der Waals surface area contributed by atoms with Gasteiger partial charge in [0.15, 0.2) is 12.4 Å². The predicted molar refractivity (Wildman–Crippen MR) is 101 cm³/mol. The highest BCUT2D eigenvalue weighted by atomic mass is 16.6. The first-order valence-electron chi connectivity index (χ1n) is 8.48. The largest absolute Gasteiger partial charge is 0.477 e. The number of nitro groups is 1. The Hall–Kier alpha value is -3.75. The SMILES string of the molecule is C[C@H]1CC(=O)Nc2ccccc2N1C(=O)COc1ccc(C=O)cc1[N+](=O)[O-]. The number of ether oxygens (including phenoxy) is 1. The fourth-order valence-corrected chi connectivity index (χ4v) is 3.05. The van der Waals surface area contributed by atoms with Crippen LogP contribution in [0.1, 0.15) is 23.7 Å². The van der Waals surface area contributed by atoms with Gasteiger partial charge in [-0.2, -0.15) is 0 Å². The van der Waals surface area contributed by atoms with Crippen molar-refractivity contribution in [1.82, 2.24) is 0 Å². The molecular weight excluding hydrogens is 366 g/mol. The summed E-state index contributed by atoms with van der Waals surface area (Å²) in [7, 11) is 0. The average molecular weight is 383 g/mol. The number of fused-ring (bicyclic) bond motifs is 1. The monoisotopic (exact) mass is 383 g/mol. The number of nitrogens with one attached hydrogen (secondary N) is 1. The second-order valence-electron chi connectivity index (χ2n) is 6.27. The first kappa shape index (κ1) is 19.0. The number of aldehydes is 1. The maximum atomic E-state index is 12.8. The molecule has 0 saturated heterocycles. The fourth-order valence-electron chi connectivity index (χ4n) is 3.05. The zero-order valence-electron chi connectivity index (χ0n) is 15.0. The Morgan fingerprint density at radius 2 is 2.11 bits per heavy atom. The minimum atomic E-state index is -0.681. The van der Waals surface area contributed by atoms with Gasteiger partial charge in [0.25, 0.3) is 5.91 Å². The standard InChI is InChI=1S/C19H17N3O6/c1-12-8-18(24)20-14-4-2-3-5-15(14)21(12)19(25)11-28-17-7-6-13(10-23)9-16(17)22(26)27/h2-7,9-10,12H,8,11H2,1H3,(H,20,24)/t12-/m0/s1. The molecule has 0 aromatic heterocycles. The van der Waals surface area contributed by atoms with Crippen LogP contribution in [0.5, 0.6) is 5.75 Å². The van der Waals surface area contributed by atoms with Crippen LogP contribution in [0.15, 0.2) is 42.5 Å². The van der Waals surface area contributed by atoms with Gasteiger partial charge in [-0.15, -0.1) is 0 Å². The maximum Gasteiger partial charge on any atom is 0.311 e. The number of hydrogen-bond acceptors (Lipinski definition) is 6. The molecule has 1 heterocycles. The normalized spacial score (nSPS) is 15.8. The van der Waals surface area contributed by atoms with Crippen LogP contribution in [-0.2, 0) is 9.59 Å². The van der Waals surface area contributed by atoms with Gasteiger partial charge in [0.2, 0.25) is 5.91 Å². The van der Waals surface area contributed by atoms with E-state index >= 15 is 0 Å². The molecule has 1 N–H and O–H groups in total. The number of nitro benzene ring substituents is 1. The number of benzene rings is 2.